The molecule has 2 N–H and O–H groups in total. The summed E-state index contributed by atoms with van der Waals surface area (Å²) in [6.07, 6.45) is 2.08. The van der Waals surface area contributed by atoms with Gasteiger partial charge in [0.2, 0.25) is 5.91 Å². The van der Waals surface area contributed by atoms with Crippen LogP contribution < -0.4 is 14.8 Å². The molecule has 6 nitrogen and oxygen atoms in total. The smallest absolute Gasteiger partial charge is 0.234 e. The van der Waals surface area contributed by atoms with Crippen LogP contribution in [-0.2, 0) is 4.79 Å². The van der Waals surface area contributed by atoms with Gasteiger partial charge in [-0.05, 0) is 63.4 Å². The summed E-state index contributed by atoms with van der Waals surface area (Å²) in [4.78, 5) is 14.4. The fourth-order valence-corrected chi connectivity index (χ4v) is 3.85. The van der Waals surface area contributed by atoms with Crippen molar-refractivity contribution in [2.45, 2.75) is 38.7 Å². The number of rotatable bonds is 9. The molecule has 1 heterocycles. The molecular formula is C25H34N2O4. The van der Waals surface area contributed by atoms with Crippen molar-refractivity contribution in [1.82, 2.24) is 10.2 Å². The SMILES string of the molecule is Cc1ccc(OC[C@]2(O)CCCN(CC(=O)NCCOc3ccccc3)CC2)c(C)c1. The maximum absolute atomic E-state index is 12.3. The van der Waals surface area contributed by atoms with E-state index in [2.05, 4.69) is 23.2 Å². The monoisotopic (exact) mass is 426 g/mol. The van der Waals surface area contributed by atoms with Crippen molar-refractivity contribution in [3.63, 3.8) is 0 Å². The number of amides is 1. The van der Waals surface area contributed by atoms with Gasteiger partial charge in [0.05, 0.1) is 18.7 Å². The molecule has 2 aromatic carbocycles. The average molecular weight is 427 g/mol. The average Bonchev–Trinajstić information content (AvgIpc) is 2.93. The van der Waals surface area contributed by atoms with Crippen molar-refractivity contribution in [2.75, 3.05) is 39.4 Å². The third kappa shape index (κ3) is 7.56. The van der Waals surface area contributed by atoms with Gasteiger partial charge in [-0.15, -0.1) is 0 Å². The van der Waals surface area contributed by atoms with E-state index in [1.807, 2.05) is 49.4 Å². The molecule has 0 spiro atoms. The lowest BCUT2D eigenvalue weighted by atomic mass is 9.96. The minimum Gasteiger partial charge on any atom is -0.492 e. The highest BCUT2D eigenvalue weighted by molar-refractivity contribution is 5.78. The van der Waals surface area contributed by atoms with Crippen LogP contribution in [0.4, 0.5) is 0 Å². The van der Waals surface area contributed by atoms with Gasteiger partial charge in [0.25, 0.3) is 0 Å². The van der Waals surface area contributed by atoms with Crippen molar-refractivity contribution >= 4 is 5.91 Å². The first-order chi connectivity index (χ1) is 14.9. The van der Waals surface area contributed by atoms with E-state index in [-0.39, 0.29) is 12.5 Å². The number of nitrogens with one attached hydrogen (secondary N) is 1. The number of benzene rings is 2. The molecule has 0 radical (unpaired) electrons. The minimum atomic E-state index is -0.869. The van der Waals surface area contributed by atoms with Gasteiger partial charge in [0.15, 0.2) is 0 Å². The number of aliphatic hydroxyl groups is 1. The van der Waals surface area contributed by atoms with Crippen LogP contribution >= 0.6 is 0 Å². The molecular weight excluding hydrogens is 392 g/mol. The highest BCUT2D eigenvalue weighted by atomic mass is 16.5. The van der Waals surface area contributed by atoms with E-state index in [0.29, 0.717) is 39.1 Å². The van der Waals surface area contributed by atoms with Crippen molar-refractivity contribution in [3.8, 4) is 11.5 Å². The van der Waals surface area contributed by atoms with Crippen molar-refractivity contribution in [1.29, 1.82) is 0 Å². The summed E-state index contributed by atoms with van der Waals surface area (Å²) >= 11 is 0. The van der Waals surface area contributed by atoms with Crippen LogP contribution in [-0.4, -0.2) is 60.9 Å². The van der Waals surface area contributed by atoms with E-state index >= 15 is 0 Å². The van der Waals surface area contributed by atoms with Crippen molar-refractivity contribution < 1.29 is 19.4 Å². The van der Waals surface area contributed by atoms with E-state index < -0.39 is 5.60 Å². The summed E-state index contributed by atoms with van der Waals surface area (Å²) in [5, 5.41) is 13.9. The van der Waals surface area contributed by atoms with Crippen molar-refractivity contribution in [2.24, 2.45) is 0 Å². The molecule has 2 aromatic rings. The first-order valence-electron chi connectivity index (χ1n) is 11.0. The fourth-order valence-electron chi connectivity index (χ4n) is 3.85. The van der Waals surface area contributed by atoms with E-state index in [0.717, 1.165) is 30.0 Å². The van der Waals surface area contributed by atoms with Gasteiger partial charge < -0.3 is 19.9 Å². The quantitative estimate of drug-likeness (QED) is 0.603. The maximum atomic E-state index is 12.3. The number of aryl methyl sites for hydroxylation is 2. The highest BCUT2D eigenvalue weighted by Gasteiger charge is 2.31. The Morgan fingerprint density at radius 1 is 1.10 bits per heavy atom. The molecule has 168 valence electrons. The van der Waals surface area contributed by atoms with Gasteiger partial charge in [0, 0.05) is 6.54 Å². The van der Waals surface area contributed by atoms with E-state index in [1.165, 1.54) is 5.56 Å². The topological polar surface area (TPSA) is 71.0 Å². The van der Waals surface area contributed by atoms with Crippen LogP contribution in [0.3, 0.4) is 0 Å². The molecule has 1 fully saturated rings. The minimum absolute atomic E-state index is 0.0198. The van der Waals surface area contributed by atoms with Crippen LogP contribution in [0, 0.1) is 13.8 Å². The second-order valence-electron chi connectivity index (χ2n) is 8.42. The molecule has 0 saturated carbocycles. The molecule has 6 heteroatoms. The molecule has 1 saturated heterocycles. The Bertz CT molecular complexity index is 843. The number of carbonyl (C=O) groups excluding carboxylic acids is 1. The largest absolute Gasteiger partial charge is 0.492 e. The van der Waals surface area contributed by atoms with Crippen LogP contribution in [0.15, 0.2) is 48.5 Å². The molecule has 0 bridgehead atoms. The summed E-state index contributed by atoms with van der Waals surface area (Å²) < 4.78 is 11.5. The standard InChI is InChI=1S/C25H34N2O4/c1-20-9-10-23(21(2)17-20)31-19-25(29)11-6-14-27(15-12-25)18-24(28)26-13-16-30-22-7-4-3-5-8-22/h3-5,7-10,17,29H,6,11-16,18-19H2,1-2H3,(H,26,28)/t25-/m0/s1. The van der Waals surface area contributed by atoms with Gasteiger partial charge in [-0.1, -0.05) is 35.9 Å². The van der Waals surface area contributed by atoms with Crippen molar-refractivity contribution in [3.05, 3.63) is 59.7 Å². The summed E-state index contributed by atoms with van der Waals surface area (Å²) in [7, 11) is 0. The summed E-state index contributed by atoms with van der Waals surface area (Å²) in [6, 6.07) is 15.6. The zero-order chi connectivity index (χ0) is 22.1. The molecule has 31 heavy (non-hydrogen) atoms. The first kappa shape index (κ1) is 23.1. The number of hydrogen-bond acceptors (Lipinski definition) is 5. The predicted octanol–water partition coefficient (Wildman–Crippen LogP) is 3.09. The van der Waals surface area contributed by atoms with Crippen LogP contribution in [0.25, 0.3) is 0 Å². The lowest BCUT2D eigenvalue weighted by Crippen LogP contribution is -2.41. The Labute approximate surface area is 185 Å². The lowest BCUT2D eigenvalue weighted by molar-refractivity contribution is -0.122. The zero-order valence-corrected chi connectivity index (χ0v) is 18.6. The Morgan fingerprint density at radius 3 is 2.68 bits per heavy atom. The molecule has 1 atom stereocenters. The number of likely N-dealkylation sites (tertiary alicyclic amines) is 1. The van der Waals surface area contributed by atoms with Gasteiger partial charge in [-0.2, -0.15) is 0 Å². The summed E-state index contributed by atoms with van der Waals surface area (Å²) in [6.45, 7) is 7.04. The second kappa shape index (κ2) is 11.2. The third-order valence-corrected chi connectivity index (χ3v) is 5.64. The van der Waals surface area contributed by atoms with Gasteiger partial charge in [-0.25, -0.2) is 0 Å². The lowest BCUT2D eigenvalue weighted by Gasteiger charge is -2.27. The van der Waals surface area contributed by atoms with E-state index in [1.54, 1.807) is 0 Å². The van der Waals surface area contributed by atoms with Crippen LogP contribution in [0.5, 0.6) is 11.5 Å². The van der Waals surface area contributed by atoms with E-state index in [9.17, 15) is 9.90 Å². The first-order valence-corrected chi connectivity index (χ1v) is 11.0. The normalized spacial score (nSPS) is 19.5. The van der Waals surface area contributed by atoms with Gasteiger partial charge >= 0.3 is 0 Å². The summed E-state index contributed by atoms with van der Waals surface area (Å²) in [5.74, 6) is 1.59. The molecule has 1 aliphatic heterocycles. The number of ether oxygens (including phenoxy) is 2. The predicted molar refractivity (Wildman–Crippen MR) is 122 cm³/mol. The van der Waals surface area contributed by atoms with Gasteiger partial charge in [-0.3, -0.25) is 9.69 Å². The Morgan fingerprint density at radius 2 is 1.90 bits per heavy atom. The Balaban J connectivity index is 1.38. The Hall–Kier alpha value is -2.57. The highest BCUT2D eigenvalue weighted by Crippen LogP contribution is 2.25. The zero-order valence-electron chi connectivity index (χ0n) is 18.6. The second-order valence-corrected chi connectivity index (χ2v) is 8.42. The molecule has 0 aliphatic carbocycles. The fraction of sp³-hybridized carbons (Fsp3) is 0.480. The van der Waals surface area contributed by atoms with Crippen LogP contribution in [0.2, 0.25) is 0 Å². The van der Waals surface area contributed by atoms with E-state index in [4.69, 9.17) is 9.47 Å². The molecule has 1 amide bonds. The number of para-hydroxylation sites is 1. The summed E-state index contributed by atoms with van der Waals surface area (Å²) in [5.41, 5.74) is 1.40. The number of hydrogen-bond donors (Lipinski definition) is 2. The number of carbonyl (C=O) groups is 1. The van der Waals surface area contributed by atoms with Gasteiger partial charge in [0.1, 0.15) is 24.7 Å². The maximum Gasteiger partial charge on any atom is 0.234 e. The van der Waals surface area contributed by atoms with Crippen LogP contribution in [0.1, 0.15) is 30.4 Å². The third-order valence-electron chi connectivity index (χ3n) is 5.64. The molecule has 0 aromatic heterocycles. The molecule has 3 rings (SSSR count). The molecule has 0 unspecified atom stereocenters. The number of nitrogens with zero attached hydrogens (tertiary/aromatic N) is 1. The molecule has 1 aliphatic rings. The Kier molecular flexibility index (Phi) is 8.32.